The van der Waals surface area contributed by atoms with Crippen LogP contribution < -0.4 is 28.9 Å². The lowest BCUT2D eigenvalue weighted by atomic mass is 9.48. The molecular weight excluding hydrogens is 2070 g/mol. The number of aliphatic hydroxyl groups is 2. The van der Waals surface area contributed by atoms with Gasteiger partial charge in [0.25, 0.3) is 0 Å². The SMILES string of the molecule is C.C.C.C.C.CC(C)(C)c1ccc([S+](c2ccccc2)c2ccc(C(C)(C)C)cc2)cc1.CC(C)(C)c1ccc([S+](c2ccccc2)c2ccc(C(C)(C)C)cc2)cc1.CC(C)(C)c1ccc([S+](c2ccccc2)c2ccc(C(C)(C)C)cc2)cc1.CC(F)(F)C(=O)OCC12CC3CC(CC(O)(C3)C1)C2.CC(F)(F)C(=O)OCC12CC3CC(CC(O)(C3)C1)C2.CCOS(=O)(=O)[O-].CCS(=O)(O)(CC)OO.CC[NH+](C)CC.[I-]. The molecule has 0 aliphatic heterocycles. The Kier molecular flexibility index (Phi) is 51.8. The van der Waals surface area contributed by atoms with Gasteiger partial charge in [0.15, 0.2) is 44.1 Å². The number of benzene rings is 9. The van der Waals surface area contributed by atoms with E-state index >= 15 is 0 Å². The van der Waals surface area contributed by atoms with Crippen LogP contribution in [0.5, 0.6) is 0 Å². The molecule has 0 saturated heterocycles. The van der Waals surface area contributed by atoms with Crippen LogP contribution in [-0.4, -0.2) is 124 Å². The van der Waals surface area contributed by atoms with Crippen molar-refractivity contribution in [1.82, 2.24) is 0 Å². The number of quaternary nitrogens is 1. The monoisotopic (exact) mass is 2250 g/mol. The van der Waals surface area contributed by atoms with Gasteiger partial charge in [0.05, 0.1) is 83.8 Å². The van der Waals surface area contributed by atoms with Gasteiger partial charge in [-0.3, -0.25) is 4.18 Å². The number of ether oxygens (including phenoxy) is 2. The number of rotatable bonds is 22. The smallest absolute Gasteiger partial charge is 0.376 e. The number of carbonyl (C=O) groups is 2. The lowest BCUT2D eigenvalue weighted by Crippen LogP contribution is -3.08. The molecule has 0 aromatic heterocycles. The zero-order chi connectivity index (χ0) is 105. The van der Waals surface area contributed by atoms with E-state index in [0.717, 1.165) is 64.2 Å². The highest BCUT2D eigenvalue weighted by Crippen LogP contribution is 2.63. The number of nitrogens with one attached hydrogen (secondary N) is 1. The maximum atomic E-state index is 12.8. The van der Waals surface area contributed by atoms with Crippen LogP contribution in [0.3, 0.4) is 0 Å². The van der Waals surface area contributed by atoms with Crippen LogP contribution >= 0.6 is 0 Å². The molecule has 15 nitrogen and oxygen atoms in total. The van der Waals surface area contributed by atoms with Crippen molar-refractivity contribution in [1.29, 1.82) is 0 Å². The molecule has 4 unspecified atom stereocenters. The van der Waals surface area contributed by atoms with Gasteiger partial charge in [-0.1, -0.05) is 303 Å². The van der Waals surface area contributed by atoms with Gasteiger partial charge in [0, 0.05) is 36.2 Å². The van der Waals surface area contributed by atoms with Crippen molar-refractivity contribution in [2.45, 2.75) is 387 Å². The number of carbonyl (C=O) groups excluding carboxylic acids is 2. The molecule has 8 aliphatic rings. The van der Waals surface area contributed by atoms with E-state index < -0.39 is 55.0 Å². The Morgan fingerprint density at radius 2 is 0.565 bits per heavy atom. The lowest BCUT2D eigenvalue weighted by Gasteiger charge is -2.59. The van der Waals surface area contributed by atoms with Crippen LogP contribution in [0.1, 0.15) is 321 Å². The summed E-state index contributed by atoms with van der Waals surface area (Å²) < 4.78 is 116. The Morgan fingerprint density at radius 3 is 0.687 bits per heavy atom. The van der Waals surface area contributed by atoms with Crippen LogP contribution in [0, 0.1) is 34.5 Å². The minimum atomic E-state index is -4.42. The molecule has 8 bridgehead atoms. The van der Waals surface area contributed by atoms with E-state index in [0.29, 0.717) is 50.4 Å². The lowest BCUT2D eigenvalue weighted by molar-refractivity contribution is -0.875. The van der Waals surface area contributed by atoms with Gasteiger partial charge in [-0.2, -0.15) is 17.6 Å². The Bertz CT molecular complexity index is 4930. The first-order chi connectivity index (χ1) is 65.2. The molecule has 0 amide bonds. The van der Waals surface area contributed by atoms with Gasteiger partial charge in [-0.05, 0) is 297 Å². The minimum absolute atomic E-state index is 0. The van der Waals surface area contributed by atoms with Crippen LogP contribution in [0.25, 0.3) is 0 Å². The summed E-state index contributed by atoms with van der Waals surface area (Å²) in [5.74, 6) is -8.06. The Morgan fingerprint density at radius 1 is 0.374 bits per heavy atom. The molecule has 9 aromatic carbocycles. The molecule has 9 aromatic rings. The van der Waals surface area contributed by atoms with Crippen molar-refractivity contribution in [2.75, 3.05) is 51.5 Å². The van der Waals surface area contributed by atoms with Crippen molar-refractivity contribution < 1.29 is 111 Å². The van der Waals surface area contributed by atoms with E-state index in [4.69, 9.17) is 19.3 Å². The van der Waals surface area contributed by atoms with Gasteiger partial charge in [-0.15, -0.1) is 4.33 Å². The van der Waals surface area contributed by atoms with Crippen LogP contribution in [0.15, 0.2) is 281 Å². The largest absolute Gasteiger partial charge is 1.00 e. The van der Waals surface area contributed by atoms with Gasteiger partial charge >= 0.3 is 23.8 Å². The third kappa shape index (κ3) is 40.9. The van der Waals surface area contributed by atoms with Crippen LogP contribution in [-0.2, 0) is 113 Å². The Hall–Kier alpha value is -6.80. The highest BCUT2D eigenvalue weighted by atomic mass is 127. The van der Waals surface area contributed by atoms with E-state index in [2.05, 4.69) is 391 Å². The van der Waals surface area contributed by atoms with E-state index in [1.807, 2.05) is 0 Å². The van der Waals surface area contributed by atoms with Crippen LogP contribution in [0.2, 0.25) is 0 Å². The van der Waals surface area contributed by atoms with Crippen LogP contribution in [0.4, 0.5) is 17.6 Å². The third-order valence-electron chi connectivity index (χ3n) is 27.5. The molecule has 4 atom stereocenters. The Balaban J connectivity index is 0.000000587. The predicted octanol–water partition coefficient (Wildman–Crippen LogP) is 27.1. The number of hydrogen-bond donors (Lipinski definition) is 5. The fourth-order valence-electron chi connectivity index (χ4n) is 20.0. The molecule has 8 saturated carbocycles. The molecule has 0 heterocycles. The van der Waals surface area contributed by atoms with Gasteiger partial charge in [0.2, 0.25) is 10.4 Å². The standard InChI is InChI=1S/3C26H31S.2C14H20F2O3.C5H13N.C4H12O4S.C2H6O4S.5CH4.HI/c3*1-25(2,3)20-12-16-23(17-13-20)27(22-10-8-7-9-11-22)24-18-14-21(15-19-24)26(4,5)6;2*1-12(15,16)11(17)19-8-13-3-9-2-10(4-13)6-14(18,5-9)7-13;1-4-6(3)5-2;1-3-9(6,7,4-2)8-5;1-2-6-7(3,4)5;;;;;;/h3*7-19H,1-6H3;2*9-10,18H,2-8H2,1H3;4-5H2,1-3H3;5H,3-4H2,1-2H3,(H,6,7);2H2,1H3,(H,3,4,5);5*1H4;1H/q3*+1;;;;;;;;;;;/p-1. The molecule has 25 heteroatoms. The highest BCUT2D eigenvalue weighted by molar-refractivity contribution is 8.10. The maximum absolute atomic E-state index is 12.8. The summed E-state index contributed by atoms with van der Waals surface area (Å²) in [7, 11) is -6.58. The summed E-state index contributed by atoms with van der Waals surface area (Å²) in [5, 5.41) is 29.0. The third-order valence-corrected chi connectivity index (χ3v) is 37.3. The van der Waals surface area contributed by atoms with Crippen molar-refractivity contribution in [3.8, 4) is 0 Å². The number of halogens is 5. The average Bonchev–Trinajstić information content (AvgIpc) is 0.730. The molecule has 0 spiro atoms. The second-order valence-corrected chi connectivity index (χ2v) is 56.8. The van der Waals surface area contributed by atoms with Crippen molar-refractivity contribution >= 4 is 64.7 Å². The molecule has 5 N–H and O–H groups in total. The van der Waals surface area contributed by atoms with Gasteiger partial charge in [0.1, 0.15) is 9.63 Å². The first-order valence-corrected chi connectivity index (χ1v) is 57.1. The fourth-order valence-corrected chi connectivity index (χ4v) is 27.1. The summed E-state index contributed by atoms with van der Waals surface area (Å²) in [5.41, 5.74) is 7.53. The molecule has 8 fully saturated rings. The first-order valence-electron chi connectivity index (χ1n) is 49.9. The molecule has 824 valence electrons. The fraction of sp³-hybridized carbons (Fsp3) is 0.541. The zero-order valence-corrected chi connectivity index (χ0v) is 95.3. The topological polar surface area (TPSA) is 231 Å². The molecule has 8 aliphatic carbocycles. The normalized spacial score (nSPS) is 20.3. The predicted molar refractivity (Wildman–Crippen MR) is 602 cm³/mol. The molecular formula is C122H184F4INO14S5+2. The quantitative estimate of drug-likeness (QED) is 0.00621. The van der Waals surface area contributed by atoms with E-state index in [-0.39, 0.29) is 168 Å². The summed E-state index contributed by atoms with van der Waals surface area (Å²) in [6.45, 7) is 53.2. The average molecular weight is 2250 g/mol. The minimum Gasteiger partial charge on any atom is -1.00 e. The first kappa shape index (κ1) is 136. The second-order valence-electron chi connectivity index (χ2n) is 46.1. The Labute approximate surface area is 911 Å². The second kappa shape index (κ2) is 55.8. The zero-order valence-electron chi connectivity index (χ0n) is 89.1. The van der Waals surface area contributed by atoms with Crippen molar-refractivity contribution in [3.05, 3.63) is 270 Å². The number of esters is 2. The van der Waals surface area contributed by atoms with E-state index in [1.54, 1.807) is 4.90 Å². The van der Waals surface area contributed by atoms with Gasteiger partial charge in [-0.25, -0.2) is 27.5 Å². The summed E-state index contributed by atoms with van der Waals surface area (Å²) in [6.07, 6.45) is 10.3. The summed E-state index contributed by atoms with van der Waals surface area (Å²) in [6, 6.07) is 87.9. The summed E-state index contributed by atoms with van der Waals surface area (Å²) in [4.78, 5) is 36.3. The number of alkyl halides is 4. The van der Waals surface area contributed by atoms with E-state index in [1.165, 1.54) is 111 Å². The van der Waals surface area contributed by atoms with Gasteiger partial charge < -0.3 is 57.7 Å². The molecule has 0 radical (unpaired) electrons. The molecule has 147 heavy (non-hydrogen) atoms. The highest BCUT2D eigenvalue weighted by Gasteiger charge is 2.60. The number of hydrogen-bond acceptors (Lipinski definition) is 13. The maximum Gasteiger partial charge on any atom is 0.376 e. The summed E-state index contributed by atoms with van der Waals surface area (Å²) >= 11 is 0. The van der Waals surface area contributed by atoms with Crippen molar-refractivity contribution in [2.24, 2.45) is 34.5 Å². The molecule has 17 rings (SSSR count). The van der Waals surface area contributed by atoms with E-state index in [9.17, 15) is 54.5 Å². The van der Waals surface area contributed by atoms with Crippen molar-refractivity contribution in [3.63, 3.8) is 0 Å².